The van der Waals surface area contributed by atoms with Crippen LogP contribution in [0.4, 0.5) is 68.2 Å². The second-order valence-corrected chi connectivity index (χ2v) is 38.4. The van der Waals surface area contributed by atoms with E-state index < -0.39 is 16.1 Å². The Kier molecular flexibility index (Phi) is 19.9. The van der Waals surface area contributed by atoms with E-state index in [9.17, 15) is 0 Å². The summed E-state index contributed by atoms with van der Waals surface area (Å²) < 4.78 is 0. The van der Waals surface area contributed by atoms with Gasteiger partial charge in [-0.15, -0.1) is 0 Å². The minimum atomic E-state index is -3.03. The number of nitrogens with zero attached hydrogens (tertiary/aromatic N) is 4. The van der Waals surface area contributed by atoms with Gasteiger partial charge in [-0.25, -0.2) is 0 Å². The van der Waals surface area contributed by atoms with E-state index in [-0.39, 0.29) is 6.71 Å². The third-order valence-corrected chi connectivity index (χ3v) is 32.6. The standard InChI is InChI=1S/C52H43BN2Si.C52H45ClN2Si/c1-36-20-26-40(27-21-36)54-48-30-24-38(3)32-46(48)53-47-33-39(4)25-31-49(47)55(41-28-22-37(2)23-29-41)51-35-45(34-50(54)52(51)53)56(42-14-8-5-9-15-42,43-16-10-6-11-17-43)44-18-12-7-13-19-44;1-38-20-28-42(29-21-38)54(43-30-22-39(2)23-31-43)50-36-49(37-51(52(50)53)55(44-32-24-40(3)25-33-44)45-34-26-41(4)27-35-45)56(46-14-8-5-9-15-46,47-16-10-6-11-17-47)48-18-12-7-13-19-48/h5-35H,1-4H3;5-37H,1-4H3. The highest BCUT2D eigenvalue weighted by Crippen LogP contribution is 2.48. The lowest BCUT2D eigenvalue weighted by atomic mass is 9.33. The molecule has 0 atom stereocenters. The molecule has 16 aromatic carbocycles. The molecule has 16 aromatic rings. The Balaban J connectivity index is 0.000000163. The van der Waals surface area contributed by atoms with Crippen LogP contribution < -0.4 is 77.5 Å². The minimum Gasteiger partial charge on any atom is -0.311 e. The van der Waals surface area contributed by atoms with Gasteiger partial charge in [0.25, 0.3) is 6.71 Å². The van der Waals surface area contributed by atoms with Crippen molar-refractivity contribution in [1.29, 1.82) is 0 Å². The third-order valence-electron chi connectivity index (χ3n) is 22.8. The number of hydrogen-bond acceptors (Lipinski definition) is 4. The topological polar surface area (TPSA) is 13.0 Å². The van der Waals surface area contributed by atoms with Crippen molar-refractivity contribution in [3.05, 3.63) is 438 Å². The van der Waals surface area contributed by atoms with Crippen LogP contribution in [0.5, 0.6) is 0 Å². The average Bonchev–Trinajstić information content (AvgIpc) is 0.691. The summed E-state index contributed by atoms with van der Waals surface area (Å²) in [7, 11) is -5.97. The summed E-state index contributed by atoms with van der Waals surface area (Å²) in [5.74, 6) is 0. The van der Waals surface area contributed by atoms with Crippen molar-refractivity contribution in [2.24, 2.45) is 0 Å². The van der Waals surface area contributed by atoms with E-state index in [0.717, 1.165) is 34.1 Å². The summed E-state index contributed by atoms with van der Waals surface area (Å²) in [5, 5.41) is 11.2. The fourth-order valence-corrected chi connectivity index (χ4v) is 27.1. The van der Waals surface area contributed by atoms with Crippen molar-refractivity contribution in [2.45, 2.75) is 55.4 Å². The lowest BCUT2D eigenvalue weighted by Crippen LogP contribution is -2.75. The van der Waals surface area contributed by atoms with Crippen LogP contribution in [0, 0.1) is 55.4 Å². The highest BCUT2D eigenvalue weighted by Gasteiger charge is 2.49. The number of fused-ring (bicyclic) bond motifs is 4. The summed E-state index contributed by atoms with van der Waals surface area (Å²) in [5.41, 5.74) is 27.2. The Morgan fingerprint density at radius 3 is 0.723 bits per heavy atom. The van der Waals surface area contributed by atoms with Gasteiger partial charge in [0.15, 0.2) is 16.1 Å². The first-order valence-corrected chi connectivity index (χ1v) is 43.3. The smallest absolute Gasteiger partial charge is 0.252 e. The summed E-state index contributed by atoms with van der Waals surface area (Å²) in [6, 6.07) is 145. The summed E-state index contributed by atoms with van der Waals surface area (Å²) in [6.07, 6.45) is 0. The Morgan fingerprint density at radius 1 is 0.232 bits per heavy atom. The number of halogens is 1. The predicted molar refractivity (Wildman–Crippen MR) is 486 cm³/mol. The fourth-order valence-electron chi connectivity index (χ4n) is 17.3. The molecule has 0 aromatic heterocycles. The van der Waals surface area contributed by atoms with Crippen LogP contribution in [0.25, 0.3) is 0 Å². The zero-order valence-corrected chi connectivity index (χ0v) is 67.5. The van der Waals surface area contributed by atoms with E-state index in [0.29, 0.717) is 5.02 Å². The molecule has 18 rings (SSSR count). The Hall–Kier alpha value is -12.5. The van der Waals surface area contributed by atoms with E-state index in [2.05, 4.69) is 463 Å². The molecule has 0 amide bonds. The molecule has 0 radical (unpaired) electrons. The molecular formula is C104H88BClN4Si2. The molecule has 542 valence electrons. The van der Waals surface area contributed by atoms with Crippen molar-refractivity contribution in [2.75, 3.05) is 19.6 Å². The van der Waals surface area contributed by atoms with Crippen molar-refractivity contribution in [3.63, 3.8) is 0 Å². The monoisotopic (exact) mass is 1490 g/mol. The molecule has 0 saturated carbocycles. The molecular weight excluding hydrogens is 1410 g/mol. The van der Waals surface area contributed by atoms with E-state index in [1.165, 1.54) is 137 Å². The second-order valence-electron chi connectivity index (χ2n) is 30.4. The normalized spacial score (nSPS) is 12.1. The fraction of sp³-hybridized carbons (Fsp3) is 0.0769. The van der Waals surface area contributed by atoms with Crippen LogP contribution in [-0.4, -0.2) is 22.9 Å². The van der Waals surface area contributed by atoms with Gasteiger partial charge in [-0.1, -0.05) is 335 Å². The lowest BCUT2D eigenvalue weighted by Gasteiger charge is -2.46. The number of aryl methyl sites for hydroxylation is 8. The Bertz CT molecular complexity index is 5370. The zero-order valence-electron chi connectivity index (χ0n) is 64.7. The van der Waals surface area contributed by atoms with Gasteiger partial charge in [0, 0.05) is 56.9 Å². The van der Waals surface area contributed by atoms with Crippen molar-refractivity contribution >= 4 is 161 Å². The average molecular weight is 1500 g/mol. The number of hydrogen-bond donors (Lipinski definition) is 0. The largest absolute Gasteiger partial charge is 0.311 e. The molecule has 0 saturated heterocycles. The van der Waals surface area contributed by atoms with Gasteiger partial charge >= 0.3 is 0 Å². The minimum absolute atomic E-state index is 0.0588. The van der Waals surface area contributed by atoms with Gasteiger partial charge in [0.05, 0.1) is 16.4 Å². The lowest BCUT2D eigenvalue weighted by molar-refractivity contribution is 1.24. The van der Waals surface area contributed by atoms with Crippen molar-refractivity contribution in [1.82, 2.24) is 0 Å². The van der Waals surface area contributed by atoms with E-state index in [1.54, 1.807) is 0 Å². The van der Waals surface area contributed by atoms with Crippen LogP contribution in [0.2, 0.25) is 5.02 Å². The molecule has 4 nitrogen and oxygen atoms in total. The maximum Gasteiger partial charge on any atom is 0.252 e. The number of benzene rings is 16. The first-order chi connectivity index (χ1) is 54.7. The van der Waals surface area contributed by atoms with E-state index >= 15 is 0 Å². The third kappa shape index (κ3) is 13.3. The van der Waals surface area contributed by atoms with Gasteiger partial charge in [-0.2, -0.15) is 0 Å². The van der Waals surface area contributed by atoms with Crippen LogP contribution in [-0.2, 0) is 0 Å². The Labute approximate surface area is 668 Å². The first kappa shape index (κ1) is 72.4. The highest BCUT2D eigenvalue weighted by molar-refractivity contribution is 7.20. The maximum absolute atomic E-state index is 8.02. The molecule has 0 aliphatic carbocycles. The number of anilines is 12. The molecule has 0 spiro atoms. The van der Waals surface area contributed by atoms with Crippen LogP contribution in [0.3, 0.4) is 0 Å². The van der Waals surface area contributed by atoms with Crippen LogP contribution in [0.1, 0.15) is 44.5 Å². The maximum atomic E-state index is 8.02. The van der Waals surface area contributed by atoms with Gasteiger partial charge in [-0.05, 0) is 222 Å². The summed E-state index contributed by atoms with van der Waals surface area (Å²) in [4.78, 5) is 9.77. The van der Waals surface area contributed by atoms with E-state index in [1.807, 2.05) is 0 Å². The molecule has 0 unspecified atom stereocenters. The molecule has 2 heterocycles. The zero-order chi connectivity index (χ0) is 76.6. The Morgan fingerprint density at radius 2 is 0.464 bits per heavy atom. The first-order valence-electron chi connectivity index (χ1n) is 38.9. The summed E-state index contributed by atoms with van der Waals surface area (Å²) >= 11 is 8.02. The van der Waals surface area contributed by atoms with Crippen molar-refractivity contribution in [3.8, 4) is 0 Å². The highest BCUT2D eigenvalue weighted by atomic mass is 35.5. The van der Waals surface area contributed by atoms with Crippen molar-refractivity contribution < 1.29 is 0 Å². The molecule has 112 heavy (non-hydrogen) atoms. The molecule has 0 N–H and O–H groups in total. The van der Waals surface area contributed by atoms with Crippen LogP contribution in [0.15, 0.2) is 388 Å². The summed E-state index contributed by atoms with van der Waals surface area (Å²) in [6.45, 7) is 17.4. The van der Waals surface area contributed by atoms with Crippen LogP contribution >= 0.6 is 11.6 Å². The van der Waals surface area contributed by atoms with Gasteiger partial charge < -0.3 is 19.6 Å². The van der Waals surface area contributed by atoms with E-state index in [4.69, 9.17) is 11.6 Å². The molecule has 0 bridgehead atoms. The molecule has 0 fully saturated rings. The quantitative estimate of drug-likeness (QED) is 0.0706. The second kappa shape index (κ2) is 30.8. The predicted octanol–water partition coefficient (Wildman–Crippen LogP) is 20.3. The SMILES string of the molecule is Cc1ccc(N(c2ccc(C)cc2)c2cc([Si](c3ccccc3)(c3ccccc3)c3ccccc3)cc(N(c3ccc(C)cc3)c3ccc(C)cc3)c2Cl)cc1.Cc1ccc(N2c3ccc(C)cc3B3c4cc(C)ccc4N(c4ccc(C)cc4)c4cc([Si](c5ccccc5)(c5ccccc5)c5ccccc5)cc2c43)cc1. The molecule has 2 aliphatic heterocycles. The van der Waals surface area contributed by atoms with Gasteiger partial charge in [0.1, 0.15) is 0 Å². The number of rotatable bonds is 16. The molecule has 2 aliphatic rings. The molecule has 8 heteroatoms. The van der Waals surface area contributed by atoms with Gasteiger partial charge in [-0.3, -0.25) is 0 Å². The van der Waals surface area contributed by atoms with Gasteiger partial charge in [0.2, 0.25) is 0 Å².